The Hall–Kier alpha value is -1.28. The van der Waals surface area contributed by atoms with Crippen molar-refractivity contribution in [2.24, 2.45) is 0 Å². The van der Waals surface area contributed by atoms with Crippen LogP contribution in [0.1, 0.15) is 30.2 Å². The molecule has 2 heterocycles. The first kappa shape index (κ1) is 10.8. The minimum absolute atomic E-state index is 1.12. The smallest absolute Gasteiger partial charge is 0.0459 e. The van der Waals surface area contributed by atoms with Gasteiger partial charge in [0.15, 0.2) is 0 Å². The lowest BCUT2D eigenvalue weighted by Gasteiger charge is -2.26. The maximum Gasteiger partial charge on any atom is 0.0459 e. The molecule has 3 rings (SSSR count). The summed E-state index contributed by atoms with van der Waals surface area (Å²) in [4.78, 5) is 6.15. The van der Waals surface area contributed by atoms with Gasteiger partial charge in [-0.1, -0.05) is 18.6 Å². The molecule has 1 aromatic carbocycles. The molecular weight excluding hydrogens is 208 g/mol. The third-order valence-electron chi connectivity index (χ3n) is 3.75. The van der Waals surface area contributed by atoms with E-state index in [-0.39, 0.29) is 0 Å². The maximum absolute atomic E-state index is 3.58. The van der Waals surface area contributed by atoms with Crippen molar-refractivity contribution in [1.82, 2.24) is 9.88 Å². The van der Waals surface area contributed by atoms with Gasteiger partial charge in [-0.3, -0.25) is 4.90 Å². The predicted octanol–water partition coefficient (Wildman–Crippen LogP) is 3.24. The van der Waals surface area contributed by atoms with Gasteiger partial charge in [-0.2, -0.15) is 0 Å². The van der Waals surface area contributed by atoms with Crippen molar-refractivity contribution in [3.63, 3.8) is 0 Å². The highest BCUT2D eigenvalue weighted by molar-refractivity contribution is 5.85. The molecule has 2 nitrogen and oxygen atoms in total. The van der Waals surface area contributed by atoms with E-state index in [0.29, 0.717) is 0 Å². The van der Waals surface area contributed by atoms with Gasteiger partial charge in [-0.05, 0) is 37.6 Å². The van der Waals surface area contributed by atoms with Gasteiger partial charge in [-0.25, -0.2) is 0 Å². The Morgan fingerprint density at radius 1 is 1.35 bits per heavy atom. The van der Waals surface area contributed by atoms with Crippen LogP contribution in [0.2, 0.25) is 0 Å². The van der Waals surface area contributed by atoms with E-state index in [0.717, 1.165) is 6.54 Å². The van der Waals surface area contributed by atoms with Gasteiger partial charge in [0.1, 0.15) is 0 Å². The number of hydrogen-bond acceptors (Lipinski definition) is 1. The Labute approximate surface area is 103 Å². The molecule has 0 saturated heterocycles. The molecular formula is C15H20N2. The van der Waals surface area contributed by atoms with Crippen LogP contribution in [0.4, 0.5) is 0 Å². The Kier molecular flexibility index (Phi) is 2.67. The highest BCUT2D eigenvalue weighted by Gasteiger charge is 2.19. The lowest BCUT2D eigenvalue weighted by molar-refractivity contribution is 0.255. The zero-order valence-corrected chi connectivity index (χ0v) is 10.7. The predicted molar refractivity (Wildman–Crippen MR) is 72.3 cm³/mol. The highest BCUT2D eigenvalue weighted by atomic mass is 15.1. The number of rotatable bonds is 2. The topological polar surface area (TPSA) is 19.0 Å². The van der Waals surface area contributed by atoms with Crippen molar-refractivity contribution >= 4 is 10.9 Å². The Bertz CT molecular complexity index is 539. The van der Waals surface area contributed by atoms with E-state index in [4.69, 9.17) is 0 Å². The maximum atomic E-state index is 3.58. The number of hydrogen-bond donors (Lipinski definition) is 1. The molecule has 0 spiro atoms. The Balaban J connectivity index is 2.04. The largest absolute Gasteiger partial charge is 0.358 e. The van der Waals surface area contributed by atoms with Crippen molar-refractivity contribution in [1.29, 1.82) is 0 Å². The summed E-state index contributed by atoms with van der Waals surface area (Å²) in [6, 6.07) is 6.72. The Morgan fingerprint density at radius 3 is 3.06 bits per heavy atom. The van der Waals surface area contributed by atoms with E-state index >= 15 is 0 Å². The number of nitrogens with one attached hydrogen (secondary N) is 1. The molecule has 1 aromatic heterocycles. The summed E-state index contributed by atoms with van der Waals surface area (Å²) >= 11 is 0. The van der Waals surface area contributed by atoms with Crippen molar-refractivity contribution < 1.29 is 0 Å². The number of nitrogens with zero attached hydrogens (tertiary/aromatic N) is 1. The first-order chi connectivity index (χ1) is 8.28. The van der Waals surface area contributed by atoms with Gasteiger partial charge in [0.05, 0.1) is 0 Å². The summed E-state index contributed by atoms with van der Waals surface area (Å²) in [7, 11) is 0. The molecule has 0 amide bonds. The highest BCUT2D eigenvalue weighted by Crippen LogP contribution is 2.28. The molecule has 1 N–H and O–H groups in total. The van der Waals surface area contributed by atoms with Crippen molar-refractivity contribution in [3.05, 3.63) is 35.0 Å². The lowest BCUT2D eigenvalue weighted by atomic mass is 10.0. The summed E-state index contributed by atoms with van der Waals surface area (Å²) in [5.74, 6) is 0. The van der Waals surface area contributed by atoms with Crippen LogP contribution in [0, 0.1) is 6.92 Å². The Morgan fingerprint density at radius 2 is 2.24 bits per heavy atom. The molecule has 0 fully saturated rings. The summed E-state index contributed by atoms with van der Waals surface area (Å²) < 4.78 is 0. The average molecular weight is 228 g/mol. The van der Waals surface area contributed by atoms with Crippen LogP contribution in [0.3, 0.4) is 0 Å². The van der Waals surface area contributed by atoms with E-state index in [1.807, 2.05) is 0 Å². The van der Waals surface area contributed by atoms with Crippen molar-refractivity contribution in [2.75, 3.05) is 13.1 Å². The molecule has 2 heteroatoms. The molecule has 1 aliphatic heterocycles. The third-order valence-corrected chi connectivity index (χ3v) is 3.75. The van der Waals surface area contributed by atoms with Gasteiger partial charge in [0, 0.05) is 36.1 Å². The van der Waals surface area contributed by atoms with Crippen LogP contribution in [0.25, 0.3) is 10.9 Å². The van der Waals surface area contributed by atoms with Crippen LogP contribution >= 0.6 is 0 Å². The minimum atomic E-state index is 1.12. The van der Waals surface area contributed by atoms with E-state index in [1.54, 1.807) is 0 Å². The second kappa shape index (κ2) is 4.19. The van der Waals surface area contributed by atoms with Gasteiger partial charge in [-0.15, -0.1) is 0 Å². The van der Waals surface area contributed by atoms with Gasteiger partial charge in [0.2, 0.25) is 0 Å². The number of aromatic amines is 1. The molecule has 0 saturated carbocycles. The molecule has 1 aliphatic rings. The fourth-order valence-corrected chi connectivity index (χ4v) is 2.89. The second-order valence-corrected chi connectivity index (χ2v) is 5.16. The minimum Gasteiger partial charge on any atom is -0.358 e. The van der Waals surface area contributed by atoms with Crippen LogP contribution < -0.4 is 0 Å². The molecule has 0 radical (unpaired) electrons. The number of fused-ring (bicyclic) bond motifs is 3. The molecule has 0 bridgehead atoms. The zero-order chi connectivity index (χ0) is 11.8. The standard InChI is InChI=1S/C15H20N2/c1-3-7-17-8-6-15-13(10-17)12-9-11(2)4-5-14(12)16-15/h4-5,9,16H,3,6-8,10H2,1-2H3. The summed E-state index contributed by atoms with van der Waals surface area (Å²) in [6.45, 7) is 7.97. The van der Waals surface area contributed by atoms with E-state index in [9.17, 15) is 0 Å². The fraction of sp³-hybridized carbons (Fsp3) is 0.467. The summed E-state index contributed by atoms with van der Waals surface area (Å²) in [5, 5.41) is 1.43. The van der Waals surface area contributed by atoms with Gasteiger partial charge in [0.25, 0.3) is 0 Å². The van der Waals surface area contributed by atoms with E-state index in [1.165, 1.54) is 53.7 Å². The zero-order valence-electron chi connectivity index (χ0n) is 10.7. The molecule has 0 aliphatic carbocycles. The molecule has 17 heavy (non-hydrogen) atoms. The first-order valence-corrected chi connectivity index (χ1v) is 6.60. The summed E-state index contributed by atoms with van der Waals surface area (Å²) in [5.41, 5.74) is 5.65. The van der Waals surface area contributed by atoms with Crippen LogP contribution in [-0.4, -0.2) is 23.0 Å². The van der Waals surface area contributed by atoms with Gasteiger partial charge >= 0.3 is 0 Å². The van der Waals surface area contributed by atoms with Crippen LogP contribution in [-0.2, 0) is 13.0 Å². The number of aromatic nitrogens is 1. The second-order valence-electron chi connectivity index (χ2n) is 5.16. The third kappa shape index (κ3) is 1.87. The molecule has 90 valence electrons. The number of benzene rings is 1. The molecule has 2 aromatic rings. The average Bonchev–Trinajstić information content (AvgIpc) is 2.67. The summed E-state index contributed by atoms with van der Waals surface area (Å²) in [6.07, 6.45) is 2.42. The van der Waals surface area contributed by atoms with Crippen LogP contribution in [0.15, 0.2) is 18.2 Å². The van der Waals surface area contributed by atoms with Crippen molar-refractivity contribution in [2.45, 2.75) is 33.2 Å². The molecule has 0 unspecified atom stereocenters. The molecule has 0 atom stereocenters. The SMILES string of the molecule is CCCN1CCc2[nH]c3ccc(C)cc3c2C1. The normalized spacial score (nSPS) is 16.4. The number of H-pyrrole nitrogens is 1. The monoisotopic (exact) mass is 228 g/mol. The van der Waals surface area contributed by atoms with Crippen LogP contribution in [0.5, 0.6) is 0 Å². The number of aryl methyl sites for hydroxylation is 1. The lowest BCUT2D eigenvalue weighted by Crippen LogP contribution is -2.30. The van der Waals surface area contributed by atoms with E-state index < -0.39 is 0 Å². The first-order valence-electron chi connectivity index (χ1n) is 6.60. The fourth-order valence-electron chi connectivity index (χ4n) is 2.89. The van der Waals surface area contributed by atoms with Gasteiger partial charge < -0.3 is 4.98 Å². The van der Waals surface area contributed by atoms with E-state index in [2.05, 4.69) is 41.9 Å². The quantitative estimate of drug-likeness (QED) is 0.836. The van der Waals surface area contributed by atoms with Crippen molar-refractivity contribution in [3.8, 4) is 0 Å².